The standard InChI is InChI=1S/C14H16Cl3N2O9P/c1-2-3-7-4-19(13(23)18-11(7)22)12-10(21)9(20)8(28-12)5-26-29(24,25)27-6-14(15,16)17/h4,8-10,12,20-21H,5-6H2,1H3,(H,24,25)(H,18,22,23)/t8-,9-,10+,12-/m1/s1. The fraction of sp³-hybridized carbons (Fsp3) is 0.571. The molecule has 1 unspecified atom stereocenters. The predicted octanol–water partition coefficient (Wildman–Crippen LogP) is 0.0310. The van der Waals surface area contributed by atoms with Gasteiger partial charge in [-0.2, -0.15) is 0 Å². The number of aromatic amines is 1. The van der Waals surface area contributed by atoms with E-state index < -0.39 is 60.6 Å². The monoisotopic (exact) mass is 492 g/mol. The Morgan fingerprint density at radius 3 is 2.55 bits per heavy atom. The van der Waals surface area contributed by atoms with Crippen molar-refractivity contribution in [2.75, 3.05) is 13.2 Å². The summed E-state index contributed by atoms with van der Waals surface area (Å²) in [6.07, 6.45) is -4.93. The molecule has 0 amide bonds. The molecule has 5 atom stereocenters. The lowest BCUT2D eigenvalue weighted by molar-refractivity contribution is -0.0552. The van der Waals surface area contributed by atoms with Crippen LogP contribution in [0.3, 0.4) is 0 Å². The first kappa shape index (κ1) is 24.4. The fourth-order valence-corrected chi connectivity index (χ4v) is 3.51. The number of nitrogens with zero attached hydrogens (tertiary/aromatic N) is 1. The number of phosphoric ester groups is 1. The molecule has 15 heteroatoms. The summed E-state index contributed by atoms with van der Waals surface area (Å²) < 4.78 is 25.2. The van der Waals surface area contributed by atoms with Crippen LogP contribution in [0, 0.1) is 11.8 Å². The summed E-state index contributed by atoms with van der Waals surface area (Å²) in [5.41, 5.74) is -1.73. The number of hydrogen-bond acceptors (Lipinski definition) is 8. The second-order valence-corrected chi connectivity index (χ2v) is 9.75. The molecule has 1 fully saturated rings. The third-order valence-electron chi connectivity index (χ3n) is 3.63. The van der Waals surface area contributed by atoms with Gasteiger partial charge in [0, 0.05) is 6.20 Å². The maximum atomic E-state index is 12.1. The molecule has 1 aliphatic rings. The minimum absolute atomic E-state index is 0.0722. The van der Waals surface area contributed by atoms with E-state index in [1.54, 1.807) is 0 Å². The van der Waals surface area contributed by atoms with Crippen LogP contribution in [0.5, 0.6) is 0 Å². The van der Waals surface area contributed by atoms with E-state index in [1.807, 2.05) is 4.98 Å². The number of nitrogens with one attached hydrogen (secondary N) is 1. The Hall–Kier alpha value is -0.900. The van der Waals surface area contributed by atoms with Crippen molar-refractivity contribution in [3.63, 3.8) is 0 Å². The van der Waals surface area contributed by atoms with Gasteiger partial charge < -0.3 is 19.8 Å². The maximum absolute atomic E-state index is 12.1. The summed E-state index contributed by atoms with van der Waals surface area (Å²) in [5, 5.41) is 20.3. The van der Waals surface area contributed by atoms with Crippen molar-refractivity contribution in [2.45, 2.75) is 35.3 Å². The van der Waals surface area contributed by atoms with Crippen molar-refractivity contribution >= 4 is 42.6 Å². The number of halogens is 3. The van der Waals surface area contributed by atoms with Crippen molar-refractivity contribution < 1.29 is 33.5 Å². The summed E-state index contributed by atoms with van der Waals surface area (Å²) in [6, 6.07) is 0. The van der Waals surface area contributed by atoms with Gasteiger partial charge in [0.15, 0.2) is 6.23 Å². The first-order chi connectivity index (χ1) is 13.3. The average molecular weight is 494 g/mol. The highest BCUT2D eigenvalue weighted by molar-refractivity contribution is 7.47. The van der Waals surface area contributed by atoms with E-state index in [0.717, 1.165) is 10.8 Å². The Bertz CT molecular complexity index is 964. The third-order valence-corrected chi connectivity index (χ3v) is 4.89. The summed E-state index contributed by atoms with van der Waals surface area (Å²) in [6.45, 7) is 0.0196. The van der Waals surface area contributed by atoms with Crippen LogP contribution in [0.2, 0.25) is 0 Å². The quantitative estimate of drug-likeness (QED) is 0.243. The van der Waals surface area contributed by atoms with Gasteiger partial charge in [-0.05, 0) is 6.92 Å². The topological polar surface area (TPSA) is 160 Å². The maximum Gasteiger partial charge on any atom is 0.472 e. The normalized spacial score (nSPS) is 26.6. The number of alkyl halides is 3. The lowest BCUT2D eigenvalue weighted by Crippen LogP contribution is -2.38. The second-order valence-electron chi connectivity index (χ2n) is 5.78. The number of aliphatic hydroxyl groups excluding tert-OH is 2. The van der Waals surface area contributed by atoms with Crippen LogP contribution in [0.4, 0.5) is 0 Å². The Balaban J connectivity index is 2.14. The predicted molar refractivity (Wildman–Crippen MR) is 102 cm³/mol. The number of H-pyrrole nitrogens is 1. The van der Waals surface area contributed by atoms with E-state index in [-0.39, 0.29) is 5.56 Å². The van der Waals surface area contributed by atoms with Crippen LogP contribution in [0.1, 0.15) is 18.7 Å². The SMILES string of the molecule is CC#Cc1cn([C@@H]2O[C@H](COP(=O)(O)OCC(Cl)(Cl)Cl)[C@@H](O)[C@@H]2O)c(=O)[nH]c1=O. The minimum atomic E-state index is -4.67. The average Bonchev–Trinajstić information content (AvgIpc) is 2.89. The van der Waals surface area contributed by atoms with E-state index in [2.05, 4.69) is 20.9 Å². The van der Waals surface area contributed by atoms with E-state index in [9.17, 15) is 29.3 Å². The molecule has 0 spiro atoms. The number of rotatable bonds is 6. The van der Waals surface area contributed by atoms with Gasteiger partial charge in [0.2, 0.25) is 3.79 Å². The van der Waals surface area contributed by atoms with Crippen molar-refractivity contribution in [3.05, 3.63) is 32.6 Å². The highest BCUT2D eigenvalue weighted by Gasteiger charge is 2.45. The van der Waals surface area contributed by atoms with Crippen LogP contribution in [0.25, 0.3) is 0 Å². The Kier molecular flexibility index (Phi) is 7.98. The zero-order valence-corrected chi connectivity index (χ0v) is 17.8. The molecule has 4 N–H and O–H groups in total. The summed E-state index contributed by atoms with van der Waals surface area (Å²) >= 11 is 16.2. The Morgan fingerprint density at radius 2 is 1.97 bits per heavy atom. The molecule has 1 aromatic rings. The molecular weight excluding hydrogens is 477 g/mol. The van der Waals surface area contributed by atoms with Gasteiger partial charge in [-0.15, -0.1) is 5.92 Å². The molecule has 0 bridgehead atoms. The largest absolute Gasteiger partial charge is 0.472 e. The van der Waals surface area contributed by atoms with Gasteiger partial charge in [0.1, 0.15) is 30.5 Å². The molecule has 11 nitrogen and oxygen atoms in total. The summed E-state index contributed by atoms with van der Waals surface area (Å²) in [4.78, 5) is 35.3. The number of aromatic nitrogens is 2. The van der Waals surface area contributed by atoms with Gasteiger partial charge in [-0.25, -0.2) is 9.36 Å². The molecular formula is C14H16Cl3N2O9P. The van der Waals surface area contributed by atoms with Crippen molar-refractivity contribution in [3.8, 4) is 11.8 Å². The molecule has 0 radical (unpaired) electrons. The third kappa shape index (κ3) is 6.54. The van der Waals surface area contributed by atoms with Crippen molar-refractivity contribution in [1.29, 1.82) is 0 Å². The molecule has 1 saturated heterocycles. The lowest BCUT2D eigenvalue weighted by Gasteiger charge is -2.19. The Morgan fingerprint density at radius 1 is 1.31 bits per heavy atom. The molecule has 2 rings (SSSR count). The molecule has 2 heterocycles. The first-order valence-corrected chi connectivity index (χ1v) is 10.5. The summed E-state index contributed by atoms with van der Waals surface area (Å²) in [5.74, 6) is 4.97. The van der Waals surface area contributed by atoms with Crippen LogP contribution in [0.15, 0.2) is 15.8 Å². The molecule has 1 aliphatic heterocycles. The Labute approximate surface area is 178 Å². The van der Waals surface area contributed by atoms with E-state index in [1.165, 1.54) is 6.92 Å². The molecule has 29 heavy (non-hydrogen) atoms. The zero-order valence-electron chi connectivity index (χ0n) is 14.6. The van der Waals surface area contributed by atoms with Crippen LogP contribution < -0.4 is 11.2 Å². The van der Waals surface area contributed by atoms with Gasteiger partial charge in [0.25, 0.3) is 5.56 Å². The highest BCUT2D eigenvalue weighted by Crippen LogP contribution is 2.46. The van der Waals surface area contributed by atoms with Crippen LogP contribution in [-0.4, -0.2) is 60.0 Å². The van der Waals surface area contributed by atoms with E-state index in [0.29, 0.717) is 0 Å². The number of aliphatic hydroxyl groups is 2. The smallest absolute Gasteiger partial charge is 0.387 e. The minimum Gasteiger partial charge on any atom is -0.387 e. The molecule has 0 saturated carbocycles. The van der Waals surface area contributed by atoms with Gasteiger partial charge >= 0.3 is 13.5 Å². The van der Waals surface area contributed by atoms with E-state index in [4.69, 9.17) is 39.5 Å². The zero-order chi connectivity index (χ0) is 22.0. The van der Waals surface area contributed by atoms with Crippen molar-refractivity contribution in [1.82, 2.24) is 9.55 Å². The second kappa shape index (κ2) is 9.49. The highest BCUT2D eigenvalue weighted by atomic mass is 35.6. The lowest BCUT2D eigenvalue weighted by atomic mass is 10.1. The molecule has 0 aliphatic carbocycles. The first-order valence-electron chi connectivity index (χ1n) is 7.83. The number of phosphoric acid groups is 1. The molecule has 162 valence electrons. The van der Waals surface area contributed by atoms with Gasteiger partial charge in [-0.3, -0.25) is 23.4 Å². The molecule has 1 aromatic heterocycles. The van der Waals surface area contributed by atoms with Crippen molar-refractivity contribution in [2.24, 2.45) is 0 Å². The fourth-order valence-electron chi connectivity index (χ4n) is 2.35. The van der Waals surface area contributed by atoms with Gasteiger partial charge in [-0.1, -0.05) is 40.7 Å². The number of ether oxygens (including phenoxy) is 1. The van der Waals surface area contributed by atoms with Crippen LogP contribution in [-0.2, 0) is 18.3 Å². The summed E-state index contributed by atoms with van der Waals surface area (Å²) in [7, 11) is -4.67. The number of hydrogen-bond donors (Lipinski definition) is 4. The van der Waals surface area contributed by atoms with Gasteiger partial charge in [0.05, 0.1) is 6.61 Å². The molecule has 0 aromatic carbocycles. The van der Waals surface area contributed by atoms with E-state index >= 15 is 0 Å². The van der Waals surface area contributed by atoms with Crippen LogP contribution >= 0.6 is 42.6 Å².